The highest BCUT2D eigenvalue weighted by Crippen LogP contribution is 2.41. The number of aromatic nitrogens is 4. The van der Waals surface area contributed by atoms with Gasteiger partial charge < -0.3 is 15.0 Å². The largest absolute Gasteiger partial charge is 0.384 e. The van der Waals surface area contributed by atoms with Crippen LogP contribution in [0.3, 0.4) is 0 Å². The number of ether oxygens (including phenoxy) is 1. The normalized spacial score (nSPS) is 22.0. The third-order valence-corrected chi connectivity index (χ3v) is 9.26. The van der Waals surface area contributed by atoms with Crippen molar-refractivity contribution in [3.63, 3.8) is 0 Å². The van der Waals surface area contributed by atoms with Crippen molar-refractivity contribution in [2.45, 2.75) is 44.0 Å². The second-order valence-corrected chi connectivity index (χ2v) is 12.1. The summed E-state index contributed by atoms with van der Waals surface area (Å²) >= 11 is 0. The van der Waals surface area contributed by atoms with Gasteiger partial charge in [0.2, 0.25) is 5.91 Å². The maximum atomic E-state index is 13.0. The Morgan fingerprint density at radius 1 is 1.29 bits per heavy atom. The van der Waals surface area contributed by atoms with Gasteiger partial charge in [-0.1, -0.05) is 6.07 Å². The molecule has 3 aromatic rings. The van der Waals surface area contributed by atoms with Gasteiger partial charge in [-0.25, -0.2) is 0 Å². The molecule has 3 aliphatic rings. The van der Waals surface area contributed by atoms with Gasteiger partial charge >= 0.3 is 0 Å². The first-order chi connectivity index (χ1) is 18.2. The Morgan fingerprint density at radius 3 is 2.82 bits per heavy atom. The molecule has 38 heavy (non-hydrogen) atoms. The second-order valence-electron chi connectivity index (χ2n) is 10.5. The molecule has 1 fully saturated rings. The number of anilines is 1. The number of rotatable bonds is 5. The van der Waals surface area contributed by atoms with Crippen molar-refractivity contribution in [3.05, 3.63) is 53.1 Å². The predicted molar refractivity (Wildman–Crippen MR) is 140 cm³/mol. The summed E-state index contributed by atoms with van der Waals surface area (Å²) in [5, 5.41) is 11.3. The number of carbonyl (C=O) groups excluding carboxylic acids is 1. The van der Waals surface area contributed by atoms with E-state index < -0.39 is 21.3 Å². The van der Waals surface area contributed by atoms with Crippen LogP contribution in [-0.2, 0) is 46.1 Å². The summed E-state index contributed by atoms with van der Waals surface area (Å²) in [6, 6.07) is 6.07. The fourth-order valence-corrected chi connectivity index (χ4v) is 7.24. The number of nitrogens with zero attached hydrogens (tertiary/aromatic N) is 5. The number of benzene rings is 1. The summed E-state index contributed by atoms with van der Waals surface area (Å²) in [7, 11) is -2.66. The van der Waals surface area contributed by atoms with Crippen LogP contribution >= 0.6 is 0 Å². The molecule has 12 heteroatoms. The maximum Gasteiger partial charge on any atom is 0.274 e. The minimum atomic E-state index is -4.52. The van der Waals surface area contributed by atoms with Crippen LogP contribution in [0.15, 0.2) is 30.6 Å². The smallest absolute Gasteiger partial charge is 0.274 e. The van der Waals surface area contributed by atoms with Gasteiger partial charge in [-0.2, -0.15) is 18.6 Å². The van der Waals surface area contributed by atoms with Crippen molar-refractivity contribution in [2.75, 3.05) is 31.6 Å². The van der Waals surface area contributed by atoms with Crippen molar-refractivity contribution in [1.82, 2.24) is 24.5 Å². The summed E-state index contributed by atoms with van der Waals surface area (Å²) in [5.41, 5.74) is 5.89. The van der Waals surface area contributed by atoms with Crippen LogP contribution in [-0.4, -0.2) is 69.6 Å². The monoisotopic (exact) mass is 540 g/mol. The number of fused-ring (bicyclic) bond motifs is 2. The molecular weight excluding hydrogens is 508 g/mol. The second kappa shape index (κ2) is 9.51. The topological polar surface area (TPSA) is 132 Å². The van der Waals surface area contributed by atoms with Gasteiger partial charge in [0, 0.05) is 81.3 Å². The van der Waals surface area contributed by atoms with Crippen LogP contribution in [0.2, 0.25) is 0 Å². The van der Waals surface area contributed by atoms with Crippen LogP contribution in [0.5, 0.6) is 0 Å². The van der Waals surface area contributed by atoms with E-state index in [1.54, 1.807) is 15.8 Å². The Morgan fingerprint density at radius 2 is 2.13 bits per heavy atom. The van der Waals surface area contributed by atoms with Gasteiger partial charge in [-0.3, -0.25) is 18.7 Å². The van der Waals surface area contributed by atoms with E-state index in [9.17, 15) is 17.8 Å². The number of hydrogen-bond acceptors (Lipinski definition) is 7. The van der Waals surface area contributed by atoms with Crippen LogP contribution in [0.1, 0.15) is 47.2 Å². The first-order valence-electron chi connectivity index (χ1n) is 12.9. The molecule has 1 aromatic carbocycles. The van der Waals surface area contributed by atoms with Crippen molar-refractivity contribution in [2.24, 2.45) is 13.0 Å². The zero-order valence-electron chi connectivity index (χ0n) is 21.5. The predicted octanol–water partition coefficient (Wildman–Crippen LogP) is 2.36. The molecule has 0 bridgehead atoms. The van der Waals surface area contributed by atoms with Gasteiger partial charge in [0.15, 0.2) is 0 Å². The molecule has 0 spiro atoms. The van der Waals surface area contributed by atoms with Gasteiger partial charge in [0.1, 0.15) is 5.25 Å². The minimum Gasteiger partial charge on any atom is -0.384 e. The molecule has 1 saturated heterocycles. The molecule has 0 saturated carbocycles. The SMILES string of the molecule is CC(=O)N1CCc2c(c(C(C3CNc4ccc(-c5cnn(C)c5)cc4C3)S(=O)(=O)O)nn2C2CCOC2)C1. The molecule has 2 N–H and O–H groups in total. The standard InChI is InChI=1S/C26H32N6O5S/c1-16(33)31-7-5-24-22(14-31)25(29-32(24)21-6-8-37-15-21)26(38(34,35)36)19-10-18-9-17(3-4-23(18)27-11-19)20-12-28-30(2)13-20/h3-4,9,12-13,19,21,26-27H,5-8,10-11,14-15H2,1-2H3,(H,34,35,36). The molecule has 5 heterocycles. The lowest BCUT2D eigenvalue weighted by Gasteiger charge is -2.32. The summed E-state index contributed by atoms with van der Waals surface area (Å²) in [4.78, 5) is 13.9. The van der Waals surface area contributed by atoms with Crippen molar-refractivity contribution < 1.29 is 22.5 Å². The molecule has 2 aromatic heterocycles. The van der Waals surface area contributed by atoms with Crippen LogP contribution in [0, 0.1) is 5.92 Å². The summed E-state index contributed by atoms with van der Waals surface area (Å²) < 4.78 is 45.9. The zero-order chi connectivity index (χ0) is 26.6. The fraction of sp³-hybridized carbons (Fsp3) is 0.500. The van der Waals surface area contributed by atoms with E-state index in [2.05, 4.69) is 10.4 Å². The molecular formula is C26H32N6O5S. The molecule has 6 rings (SSSR count). The highest BCUT2D eigenvalue weighted by atomic mass is 32.2. The first-order valence-corrected chi connectivity index (χ1v) is 14.4. The average molecular weight is 541 g/mol. The Balaban J connectivity index is 1.40. The van der Waals surface area contributed by atoms with E-state index in [1.807, 2.05) is 36.1 Å². The maximum absolute atomic E-state index is 13.0. The number of aryl methyl sites for hydroxylation is 1. The van der Waals surface area contributed by atoms with E-state index in [1.165, 1.54) is 6.92 Å². The Bertz CT molecular complexity index is 1490. The Labute approximate surface area is 221 Å². The fourth-order valence-electron chi connectivity index (χ4n) is 6.09. The van der Waals surface area contributed by atoms with Crippen molar-refractivity contribution in [3.8, 4) is 11.1 Å². The molecule has 3 unspecified atom stereocenters. The molecule has 1 amide bonds. The third-order valence-electron chi connectivity index (χ3n) is 8.01. The van der Waals surface area contributed by atoms with E-state index in [-0.39, 0.29) is 18.5 Å². The number of hydrogen-bond donors (Lipinski definition) is 2. The van der Waals surface area contributed by atoms with Crippen molar-refractivity contribution in [1.29, 1.82) is 0 Å². The quantitative estimate of drug-likeness (QED) is 0.472. The molecule has 202 valence electrons. The van der Waals surface area contributed by atoms with E-state index in [0.717, 1.165) is 40.1 Å². The number of amides is 1. The van der Waals surface area contributed by atoms with Crippen LogP contribution in [0.4, 0.5) is 5.69 Å². The third kappa shape index (κ3) is 4.50. The van der Waals surface area contributed by atoms with Gasteiger partial charge in [-0.15, -0.1) is 0 Å². The lowest BCUT2D eigenvalue weighted by atomic mass is 9.87. The highest BCUT2D eigenvalue weighted by molar-refractivity contribution is 7.86. The Kier molecular flexibility index (Phi) is 6.28. The average Bonchev–Trinajstić information content (AvgIpc) is 3.63. The van der Waals surface area contributed by atoms with E-state index in [4.69, 9.17) is 9.84 Å². The minimum absolute atomic E-state index is 0.00988. The number of nitrogens with one attached hydrogen (secondary N) is 1. The van der Waals surface area contributed by atoms with Gasteiger partial charge in [-0.05, 0) is 36.1 Å². The summed E-state index contributed by atoms with van der Waals surface area (Å²) in [5.74, 6) is -0.528. The van der Waals surface area contributed by atoms with Crippen molar-refractivity contribution >= 4 is 21.7 Å². The lowest BCUT2D eigenvalue weighted by molar-refractivity contribution is -0.129. The summed E-state index contributed by atoms with van der Waals surface area (Å²) in [6.45, 7) is 3.85. The first kappa shape index (κ1) is 25.1. The van der Waals surface area contributed by atoms with E-state index in [0.29, 0.717) is 44.8 Å². The molecule has 0 radical (unpaired) electrons. The Hall–Kier alpha value is -3.22. The zero-order valence-corrected chi connectivity index (χ0v) is 22.3. The van der Waals surface area contributed by atoms with Crippen LogP contribution < -0.4 is 5.32 Å². The molecule has 11 nitrogen and oxygen atoms in total. The molecule has 3 aliphatic heterocycles. The van der Waals surface area contributed by atoms with Gasteiger partial charge in [0.05, 0.1) is 24.5 Å². The highest BCUT2D eigenvalue weighted by Gasteiger charge is 2.42. The molecule has 3 atom stereocenters. The van der Waals surface area contributed by atoms with Crippen LogP contribution in [0.25, 0.3) is 11.1 Å². The van der Waals surface area contributed by atoms with Gasteiger partial charge in [0.25, 0.3) is 10.1 Å². The summed E-state index contributed by atoms with van der Waals surface area (Å²) in [6.07, 6.45) is 5.55. The van der Waals surface area contributed by atoms with E-state index >= 15 is 0 Å². The lowest BCUT2D eigenvalue weighted by Crippen LogP contribution is -2.36. The molecule has 0 aliphatic carbocycles. The number of carbonyl (C=O) groups is 1.